The van der Waals surface area contributed by atoms with E-state index < -0.39 is 0 Å². The van der Waals surface area contributed by atoms with Crippen LogP contribution in [-0.4, -0.2) is 9.97 Å². The van der Waals surface area contributed by atoms with Crippen molar-refractivity contribution < 1.29 is 0 Å². The van der Waals surface area contributed by atoms with Gasteiger partial charge >= 0.3 is 0 Å². The molecule has 2 nitrogen and oxygen atoms in total. The van der Waals surface area contributed by atoms with Gasteiger partial charge in [-0.25, -0.2) is 0 Å². The van der Waals surface area contributed by atoms with Gasteiger partial charge in [0, 0.05) is 18.0 Å². The van der Waals surface area contributed by atoms with Crippen LogP contribution in [0.1, 0.15) is 116 Å². The molecule has 1 heterocycles. The normalized spacial score (nSPS) is 34.2. The highest BCUT2D eigenvalue weighted by atomic mass is 14.8. The van der Waals surface area contributed by atoms with Gasteiger partial charge in [-0.05, 0) is 67.6 Å². The van der Waals surface area contributed by atoms with Crippen LogP contribution in [0.4, 0.5) is 0 Å². The number of aryl methyl sites for hydroxylation is 1. The van der Waals surface area contributed by atoms with Gasteiger partial charge in [0.1, 0.15) is 0 Å². The number of aromatic nitrogens is 2. The van der Waals surface area contributed by atoms with Crippen molar-refractivity contribution in [3.63, 3.8) is 0 Å². The first kappa shape index (κ1) is 21.8. The third-order valence-corrected chi connectivity index (χ3v) is 8.01. The summed E-state index contributed by atoms with van der Waals surface area (Å²) < 4.78 is 0. The Hall–Kier alpha value is -0.920. The van der Waals surface area contributed by atoms with Crippen LogP contribution in [-0.2, 0) is 6.42 Å². The molecule has 2 aliphatic rings. The van der Waals surface area contributed by atoms with E-state index in [0.717, 1.165) is 41.9 Å². The average molecular weight is 385 g/mol. The second-order valence-corrected chi connectivity index (χ2v) is 10.8. The van der Waals surface area contributed by atoms with Crippen LogP contribution in [0, 0.1) is 35.5 Å². The third kappa shape index (κ3) is 4.62. The Morgan fingerprint density at radius 1 is 0.857 bits per heavy atom. The summed E-state index contributed by atoms with van der Waals surface area (Å²) in [7, 11) is 0. The van der Waals surface area contributed by atoms with Gasteiger partial charge in [0.05, 0.1) is 17.1 Å². The van der Waals surface area contributed by atoms with Gasteiger partial charge in [0.15, 0.2) is 0 Å². The molecule has 0 radical (unpaired) electrons. The zero-order chi connectivity index (χ0) is 20.4. The van der Waals surface area contributed by atoms with Crippen molar-refractivity contribution in [1.29, 1.82) is 0 Å². The Labute approximate surface area is 174 Å². The van der Waals surface area contributed by atoms with E-state index in [4.69, 9.17) is 9.97 Å². The molecule has 2 fully saturated rings. The van der Waals surface area contributed by atoms with E-state index in [0.29, 0.717) is 11.8 Å². The van der Waals surface area contributed by atoms with Crippen molar-refractivity contribution in [3.05, 3.63) is 23.3 Å². The summed E-state index contributed by atoms with van der Waals surface area (Å²) in [6, 6.07) is 0. The van der Waals surface area contributed by atoms with E-state index >= 15 is 0 Å². The Balaban J connectivity index is 1.93. The van der Waals surface area contributed by atoms with Crippen LogP contribution in [0.25, 0.3) is 0 Å². The predicted octanol–water partition coefficient (Wildman–Crippen LogP) is 7.39. The molecule has 1 aromatic rings. The lowest BCUT2D eigenvalue weighted by molar-refractivity contribution is 0.189. The number of rotatable bonds is 5. The second-order valence-electron chi connectivity index (χ2n) is 10.8. The fraction of sp³-hybridized carbons (Fsp3) is 0.846. The molecule has 0 spiro atoms. The topological polar surface area (TPSA) is 25.8 Å². The fourth-order valence-electron chi connectivity index (χ4n) is 6.26. The Morgan fingerprint density at radius 3 is 1.93 bits per heavy atom. The molecule has 0 saturated heterocycles. The molecule has 1 aromatic heterocycles. The lowest BCUT2D eigenvalue weighted by Gasteiger charge is -2.39. The highest BCUT2D eigenvalue weighted by Gasteiger charge is 2.36. The summed E-state index contributed by atoms with van der Waals surface area (Å²) in [5.74, 6) is 5.82. The monoisotopic (exact) mass is 384 g/mol. The molecule has 28 heavy (non-hydrogen) atoms. The Morgan fingerprint density at radius 2 is 1.39 bits per heavy atom. The van der Waals surface area contributed by atoms with Gasteiger partial charge in [0.25, 0.3) is 0 Å². The van der Waals surface area contributed by atoms with Crippen molar-refractivity contribution in [2.75, 3.05) is 0 Å². The minimum Gasteiger partial charge on any atom is -0.257 e. The minimum absolute atomic E-state index is 0.599. The zero-order valence-corrected chi connectivity index (χ0v) is 19.5. The summed E-state index contributed by atoms with van der Waals surface area (Å²) in [5.41, 5.74) is 3.92. The van der Waals surface area contributed by atoms with Crippen LogP contribution in [0.15, 0.2) is 6.20 Å². The average Bonchev–Trinajstić information content (AvgIpc) is 2.66. The summed E-state index contributed by atoms with van der Waals surface area (Å²) >= 11 is 0. The van der Waals surface area contributed by atoms with Crippen LogP contribution in [0.3, 0.4) is 0 Å². The van der Waals surface area contributed by atoms with E-state index in [2.05, 4.69) is 54.7 Å². The lowest BCUT2D eigenvalue weighted by Crippen LogP contribution is -2.29. The van der Waals surface area contributed by atoms with Crippen molar-refractivity contribution >= 4 is 0 Å². The summed E-state index contributed by atoms with van der Waals surface area (Å²) in [6.45, 7) is 16.7. The lowest BCUT2D eigenvalue weighted by atomic mass is 9.68. The van der Waals surface area contributed by atoms with Crippen molar-refractivity contribution in [1.82, 2.24) is 9.97 Å². The quantitative estimate of drug-likeness (QED) is 0.529. The molecule has 158 valence electrons. The number of nitrogens with zero attached hydrogens (tertiary/aromatic N) is 2. The molecule has 6 unspecified atom stereocenters. The van der Waals surface area contributed by atoms with E-state index in [-0.39, 0.29) is 0 Å². The minimum atomic E-state index is 0.599. The van der Waals surface area contributed by atoms with E-state index in [1.165, 1.54) is 55.6 Å². The first-order valence-corrected chi connectivity index (χ1v) is 12.2. The van der Waals surface area contributed by atoms with E-state index in [1.54, 1.807) is 0 Å². The highest BCUT2D eigenvalue weighted by molar-refractivity contribution is 5.23. The van der Waals surface area contributed by atoms with Crippen molar-refractivity contribution in [2.24, 2.45) is 35.5 Å². The summed E-state index contributed by atoms with van der Waals surface area (Å²) in [5, 5.41) is 0. The summed E-state index contributed by atoms with van der Waals surface area (Å²) in [4.78, 5) is 10.5. The van der Waals surface area contributed by atoms with Crippen LogP contribution in [0.2, 0.25) is 0 Å². The first-order chi connectivity index (χ1) is 13.3. The molecule has 0 amide bonds. The first-order valence-electron chi connectivity index (χ1n) is 12.2. The van der Waals surface area contributed by atoms with Gasteiger partial charge < -0.3 is 0 Å². The standard InChI is InChI=1S/C26H44N2/c1-8-24-26(23-14-19(7)10-12-21(23)17(4)5)27-15-25(28-24)22-13-18(6)9-11-20(22)16(2)3/h15-23H,8-14H2,1-7H3. The number of hydrogen-bond donors (Lipinski definition) is 0. The Bertz CT molecular complexity index is 635. The van der Waals surface area contributed by atoms with Crippen molar-refractivity contribution in [2.45, 2.75) is 105 Å². The van der Waals surface area contributed by atoms with Crippen LogP contribution < -0.4 is 0 Å². The van der Waals surface area contributed by atoms with Gasteiger partial charge in [-0.1, -0.05) is 61.3 Å². The molecule has 6 atom stereocenters. The maximum atomic E-state index is 5.31. The maximum absolute atomic E-state index is 5.31. The molecule has 0 aliphatic heterocycles. The molecule has 2 aliphatic carbocycles. The second kappa shape index (κ2) is 9.26. The van der Waals surface area contributed by atoms with Gasteiger partial charge in [-0.2, -0.15) is 0 Å². The number of hydrogen-bond acceptors (Lipinski definition) is 2. The highest BCUT2D eigenvalue weighted by Crippen LogP contribution is 2.46. The zero-order valence-electron chi connectivity index (χ0n) is 19.5. The molecular weight excluding hydrogens is 340 g/mol. The molecular formula is C26H44N2. The SMILES string of the molecule is CCc1nc(C2CC(C)CCC2C(C)C)cnc1C1CC(C)CCC1C(C)C. The molecule has 2 saturated carbocycles. The molecule has 2 heteroatoms. The van der Waals surface area contributed by atoms with Crippen molar-refractivity contribution in [3.8, 4) is 0 Å². The Kier molecular flexibility index (Phi) is 7.21. The van der Waals surface area contributed by atoms with E-state index in [1.807, 2.05) is 0 Å². The van der Waals surface area contributed by atoms with Crippen LogP contribution >= 0.6 is 0 Å². The van der Waals surface area contributed by atoms with Gasteiger partial charge in [-0.15, -0.1) is 0 Å². The fourth-order valence-corrected chi connectivity index (χ4v) is 6.26. The molecule has 3 rings (SSSR count). The van der Waals surface area contributed by atoms with Gasteiger partial charge in [-0.3, -0.25) is 9.97 Å². The predicted molar refractivity (Wildman–Crippen MR) is 120 cm³/mol. The molecule has 0 bridgehead atoms. The van der Waals surface area contributed by atoms with Crippen LogP contribution in [0.5, 0.6) is 0 Å². The van der Waals surface area contributed by atoms with Gasteiger partial charge in [0.2, 0.25) is 0 Å². The smallest absolute Gasteiger partial charge is 0.0652 e. The largest absolute Gasteiger partial charge is 0.257 e. The summed E-state index contributed by atoms with van der Waals surface area (Å²) in [6.07, 6.45) is 11.2. The van der Waals surface area contributed by atoms with E-state index in [9.17, 15) is 0 Å². The molecule has 0 N–H and O–H groups in total. The molecule has 0 aromatic carbocycles. The maximum Gasteiger partial charge on any atom is 0.0652 e. The third-order valence-electron chi connectivity index (χ3n) is 8.01.